The molecule has 0 aromatic heterocycles. The van der Waals surface area contributed by atoms with Crippen molar-refractivity contribution in [1.82, 2.24) is 6.15 Å². The lowest BCUT2D eigenvalue weighted by Gasteiger charge is -2.31. The Hall–Kier alpha value is -4.42. The maximum atomic E-state index is 10.5. The summed E-state index contributed by atoms with van der Waals surface area (Å²) < 4.78 is 11.9. The van der Waals surface area contributed by atoms with Crippen molar-refractivity contribution in [3.8, 4) is 34.5 Å². The third kappa shape index (κ3) is 3.38. The number of benzene rings is 5. The number of methoxy groups -OCH3 is 1. The second-order valence-corrected chi connectivity index (χ2v) is 8.69. The average molecular weight is 468 g/mol. The second kappa shape index (κ2) is 8.11. The molecule has 1 aliphatic rings. The molecule has 0 bridgehead atoms. The van der Waals surface area contributed by atoms with Crippen LogP contribution in [0.5, 0.6) is 34.5 Å². The fourth-order valence-corrected chi connectivity index (χ4v) is 5.11. The van der Waals surface area contributed by atoms with Gasteiger partial charge >= 0.3 is 0 Å². The van der Waals surface area contributed by atoms with Crippen LogP contribution in [0.1, 0.15) is 28.2 Å². The van der Waals surface area contributed by atoms with Crippen LogP contribution < -0.4 is 15.6 Å². The summed E-state index contributed by atoms with van der Waals surface area (Å²) >= 11 is 0. The fraction of sp³-hybridized carbons (Fsp3) is 0.103. The van der Waals surface area contributed by atoms with Crippen LogP contribution >= 0.6 is 0 Å². The highest BCUT2D eigenvalue weighted by molar-refractivity contribution is 5.96. The van der Waals surface area contributed by atoms with E-state index < -0.39 is 0 Å². The molecular weight excluding hydrogens is 442 g/mol. The van der Waals surface area contributed by atoms with Crippen LogP contribution in [0.3, 0.4) is 0 Å². The summed E-state index contributed by atoms with van der Waals surface area (Å²) in [6.07, 6.45) is 0. The molecular formula is C29H25NO5. The van der Waals surface area contributed by atoms with Crippen LogP contribution in [-0.2, 0) is 0 Å². The third-order valence-electron chi connectivity index (χ3n) is 6.65. The largest absolute Gasteiger partial charge is 0.508 e. The van der Waals surface area contributed by atoms with Crippen molar-refractivity contribution >= 4 is 21.5 Å². The number of rotatable bonds is 2. The van der Waals surface area contributed by atoms with Gasteiger partial charge in [0.1, 0.15) is 23.0 Å². The molecule has 6 heteroatoms. The van der Waals surface area contributed by atoms with E-state index in [2.05, 4.69) is 0 Å². The molecule has 1 aliphatic heterocycles. The summed E-state index contributed by atoms with van der Waals surface area (Å²) in [6, 6.07) is 22.2. The highest BCUT2D eigenvalue weighted by Gasteiger charge is 2.33. The van der Waals surface area contributed by atoms with Gasteiger partial charge in [-0.2, -0.15) is 0 Å². The van der Waals surface area contributed by atoms with E-state index >= 15 is 0 Å². The number of fused-ring (bicyclic) bond motifs is 6. The van der Waals surface area contributed by atoms with Gasteiger partial charge in [0.25, 0.3) is 0 Å². The molecule has 0 aliphatic carbocycles. The molecule has 0 saturated carbocycles. The molecule has 5 aromatic carbocycles. The van der Waals surface area contributed by atoms with Crippen molar-refractivity contribution in [3.05, 3.63) is 95.1 Å². The van der Waals surface area contributed by atoms with Gasteiger partial charge in [-0.05, 0) is 82.1 Å². The third-order valence-corrected chi connectivity index (χ3v) is 6.65. The maximum absolute atomic E-state index is 10.5. The van der Waals surface area contributed by atoms with E-state index in [1.54, 1.807) is 31.4 Å². The highest BCUT2D eigenvalue weighted by Crippen LogP contribution is 2.53. The monoisotopic (exact) mass is 467 g/mol. The van der Waals surface area contributed by atoms with Crippen molar-refractivity contribution in [2.24, 2.45) is 0 Å². The number of phenols is 3. The molecule has 6 N–H and O–H groups in total. The van der Waals surface area contributed by atoms with Crippen LogP contribution in [0.25, 0.3) is 21.5 Å². The molecule has 0 radical (unpaired) electrons. The zero-order valence-electron chi connectivity index (χ0n) is 19.4. The van der Waals surface area contributed by atoms with Crippen LogP contribution in [0, 0.1) is 6.92 Å². The molecule has 1 heterocycles. The summed E-state index contributed by atoms with van der Waals surface area (Å²) in [7, 11) is 1.54. The van der Waals surface area contributed by atoms with Crippen LogP contribution in [-0.4, -0.2) is 22.4 Å². The summed E-state index contributed by atoms with van der Waals surface area (Å²) in [5.74, 6) is 2.14. The Kier molecular flexibility index (Phi) is 5.19. The average Bonchev–Trinajstić information content (AvgIpc) is 2.83. The zero-order chi connectivity index (χ0) is 23.6. The number of hydrogen-bond acceptors (Lipinski definition) is 6. The highest BCUT2D eigenvalue weighted by atomic mass is 16.5. The van der Waals surface area contributed by atoms with Crippen molar-refractivity contribution in [2.45, 2.75) is 12.8 Å². The predicted octanol–water partition coefficient (Wildman–Crippen LogP) is 6.87. The van der Waals surface area contributed by atoms with Gasteiger partial charge in [0.05, 0.1) is 7.11 Å². The van der Waals surface area contributed by atoms with Gasteiger partial charge in [0.15, 0.2) is 11.5 Å². The topological polar surface area (TPSA) is 114 Å². The van der Waals surface area contributed by atoms with Crippen molar-refractivity contribution < 1.29 is 24.8 Å². The molecule has 0 atom stereocenters. The fourth-order valence-electron chi connectivity index (χ4n) is 5.11. The molecule has 6 nitrogen and oxygen atoms in total. The van der Waals surface area contributed by atoms with Gasteiger partial charge in [-0.15, -0.1) is 0 Å². The van der Waals surface area contributed by atoms with E-state index in [-0.39, 0.29) is 29.3 Å². The minimum Gasteiger partial charge on any atom is -0.508 e. The SMILES string of the molecule is COc1cc(C2c3c(ccc4cc(O)ccc34)Oc3ccc4cc(O)ccc4c32)cc(C)c1O.N. The van der Waals surface area contributed by atoms with E-state index in [1.807, 2.05) is 55.5 Å². The van der Waals surface area contributed by atoms with Gasteiger partial charge in [0, 0.05) is 17.0 Å². The van der Waals surface area contributed by atoms with Gasteiger partial charge in [-0.1, -0.05) is 30.3 Å². The maximum Gasteiger partial charge on any atom is 0.161 e. The van der Waals surface area contributed by atoms with Crippen LogP contribution in [0.15, 0.2) is 72.8 Å². The van der Waals surface area contributed by atoms with E-state index in [1.165, 1.54) is 0 Å². The minimum absolute atomic E-state index is 0. The molecule has 0 amide bonds. The van der Waals surface area contributed by atoms with E-state index in [4.69, 9.17) is 9.47 Å². The number of hydrogen-bond donors (Lipinski definition) is 4. The van der Waals surface area contributed by atoms with E-state index in [9.17, 15) is 15.3 Å². The zero-order valence-corrected chi connectivity index (χ0v) is 19.4. The summed E-state index contributed by atoms with van der Waals surface area (Å²) in [6.45, 7) is 1.85. The lowest BCUT2D eigenvalue weighted by atomic mass is 9.78. The molecule has 6 rings (SSSR count). The smallest absolute Gasteiger partial charge is 0.161 e. The van der Waals surface area contributed by atoms with Crippen molar-refractivity contribution in [3.63, 3.8) is 0 Å². The molecule has 0 fully saturated rings. The standard InChI is InChI=1S/C29H22O5.H3N/c1-15-11-18(14-25(33-2)29(15)32)26-27-21-7-5-19(30)12-16(21)3-9-23(27)34-24-10-4-17-13-20(31)6-8-22(17)28(24)26;/h3-14,26,30-32H,1-2H3;1H3. The van der Waals surface area contributed by atoms with E-state index in [0.29, 0.717) is 11.3 Å². The van der Waals surface area contributed by atoms with Crippen molar-refractivity contribution in [2.75, 3.05) is 7.11 Å². The molecule has 0 unspecified atom stereocenters. The Morgan fingerprint density at radius 3 is 1.77 bits per heavy atom. The first-order valence-electron chi connectivity index (χ1n) is 11.0. The quantitative estimate of drug-likeness (QED) is 0.221. The summed E-state index contributed by atoms with van der Waals surface area (Å²) in [5, 5.41) is 34.4. The second-order valence-electron chi connectivity index (χ2n) is 8.69. The molecule has 0 saturated heterocycles. The molecule has 0 spiro atoms. The first-order chi connectivity index (χ1) is 16.4. The lowest BCUT2D eigenvalue weighted by Crippen LogP contribution is -2.13. The Morgan fingerprint density at radius 2 is 1.26 bits per heavy atom. The summed E-state index contributed by atoms with van der Waals surface area (Å²) in [5.41, 5.74) is 3.59. The molecule has 35 heavy (non-hydrogen) atoms. The number of ether oxygens (including phenoxy) is 2. The number of aromatic hydroxyl groups is 3. The normalized spacial score (nSPS) is 12.5. The molecule has 176 valence electrons. The predicted molar refractivity (Wildman–Crippen MR) is 137 cm³/mol. The number of aryl methyl sites for hydroxylation is 1. The van der Waals surface area contributed by atoms with E-state index in [0.717, 1.165) is 49.7 Å². The Labute approximate surface area is 202 Å². The summed E-state index contributed by atoms with van der Waals surface area (Å²) in [4.78, 5) is 0. The van der Waals surface area contributed by atoms with Crippen molar-refractivity contribution in [1.29, 1.82) is 0 Å². The minimum atomic E-state index is -0.242. The van der Waals surface area contributed by atoms with Gasteiger partial charge in [0.2, 0.25) is 0 Å². The first kappa shape index (κ1) is 22.4. The molecule has 5 aromatic rings. The first-order valence-corrected chi connectivity index (χ1v) is 11.0. The Balaban J connectivity index is 0.00000253. The number of phenolic OH excluding ortho intramolecular Hbond substituents is 3. The van der Waals surface area contributed by atoms with Gasteiger partial charge in [-0.25, -0.2) is 0 Å². The Morgan fingerprint density at radius 1 is 0.714 bits per heavy atom. The Bertz CT molecular complexity index is 1530. The van der Waals surface area contributed by atoms with Crippen LogP contribution in [0.4, 0.5) is 0 Å². The van der Waals surface area contributed by atoms with Gasteiger partial charge in [-0.3, -0.25) is 0 Å². The van der Waals surface area contributed by atoms with Crippen LogP contribution in [0.2, 0.25) is 0 Å². The van der Waals surface area contributed by atoms with Gasteiger partial charge < -0.3 is 30.9 Å². The lowest BCUT2D eigenvalue weighted by molar-refractivity contribution is 0.371.